The van der Waals surface area contributed by atoms with Crippen LogP contribution in [0.5, 0.6) is 5.75 Å². The van der Waals surface area contributed by atoms with Crippen molar-refractivity contribution in [2.45, 2.75) is 13.5 Å². The Balaban J connectivity index is 2.01. The van der Waals surface area contributed by atoms with Crippen molar-refractivity contribution in [3.63, 3.8) is 0 Å². The minimum absolute atomic E-state index is 0.0184. The van der Waals surface area contributed by atoms with Gasteiger partial charge in [-0.3, -0.25) is 4.79 Å². The fourth-order valence-corrected chi connectivity index (χ4v) is 2.78. The largest absolute Gasteiger partial charge is 0.483 e. The van der Waals surface area contributed by atoms with Gasteiger partial charge in [-0.2, -0.15) is 0 Å². The molecule has 0 unspecified atom stereocenters. The molecule has 1 amide bonds. The maximum absolute atomic E-state index is 12.0. The number of aliphatic hydroxyl groups is 1. The first-order valence-corrected chi connectivity index (χ1v) is 7.29. The van der Waals surface area contributed by atoms with Crippen molar-refractivity contribution in [3.05, 3.63) is 27.7 Å². The average molecular weight is 344 g/mol. The molecule has 1 aliphatic heterocycles. The molecule has 0 saturated carbocycles. The number of aliphatic hydroxyl groups excluding tert-OH is 1. The Hall–Kier alpha value is -1.11. The molecule has 20 heavy (non-hydrogen) atoms. The average Bonchev–Trinajstić information content (AvgIpc) is 2.46. The van der Waals surface area contributed by atoms with E-state index in [1.54, 1.807) is 11.0 Å². The number of rotatable bonds is 4. The van der Waals surface area contributed by atoms with Gasteiger partial charge < -0.3 is 19.5 Å². The molecule has 1 saturated heterocycles. The lowest BCUT2D eigenvalue weighted by atomic mass is 10.1. The third-order valence-corrected chi connectivity index (χ3v) is 3.65. The summed E-state index contributed by atoms with van der Waals surface area (Å²) in [5, 5.41) is 9.37. The number of benzene rings is 1. The van der Waals surface area contributed by atoms with Gasteiger partial charge in [-0.05, 0) is 24.6 Å². The normalized spacial score (nSPS) is 15.2. The lowest BCUT2D eigenvalue weighted by Crippen LogP contribution is -2.43. The second kappa shape index (κ2) is 7.06. The highest BCUT2D eigenvalue weighted by molar-refractivity contribution is 9.10. The van der Waals surface area contributed by atoms with Crippen molar-refractivity contribution in [2.75, 3.05) is 32.9 Å². The molecule has 1 heterocycles. The van der Waals surface area contributed by atoms with Gasteiger partial charge in [0.15, 0.2) is 6.61 Å². The van der Waals surface area contributed by atoms with Crippen LogP contribution in [0.2, 0.25) is 0 Å². The molecule has 1 aromatic rings. The Labute approximate surface area is 126 Å². The minimum Gasteiger partial charge on any atom is -0.483 e. The van der Waals surface area contributed by atoms with E-state index in [1.807, 2.05) is 13.0 Å². The smallest absolute Gasteiger partial charge is 0.260 e. The number of nitrogens with zero attached hydrogens (tertiary/aromatic N) is 1. The molecule has 0 aliphatic carbocycles. The van der Waals surface area contributed by atoms with Crippen LogP contribution in [0, 0.1) is 6.92 Å². The second-order valence-corrected chi connectivity index (χ2v) is 5.57. The third-order valence-electron chi connectivity index (χ3n) is 3.19. The van der Waals surface area contributed by atoms with E-state index in [0.29, 0.717) is 37.6 Å². The molecular weight excluding hydrogens is 326 g/mol. The number of hydrogen-bond donors (Lipinski definition) is 1. The lowest BCUT2D eigenvalue weighted by molar-refractivity contribution is -0.137. The fourth-order valence-electron chi connectivity index (χ4n) is 2.16. The molecule has 1 N–H and O–H groups in total. The molecule has 2 rings (SSSR count). The van der Waals surface area contributed by atoms with Crippen molar-refractivity contribution in [2.24, 2.45) is 0 Å². The second-order valence-electron chi connectivity index (χ2n) is 4.65. The van der Waals surface area contributed by atoms with Crippen LogP contribution in [0.1, 0.15) is 11.1 Å². The molecule has 0 atom stereocenters. The predicted octanol–water partition coefficient (Wildman–Crippen LogP) is 1.49. The van der Waals surface area contributed by atoms with Crippen molar-refractivity contribution >= 4 is 21.8 Å². The van der Waals surface area contributed by atoms with E-state index in [9.17, 15) is 9.90 Å². The number of halogens is 1. The van der Waals surface area contributed by atoms with E-state index in [0.717, 1.165) is 10.0 Å². The molecule has 0 aromatic heterocycles. The predicted molar refractivity (Wildman–Crippen MR) is 77.7 cm³/mol. The fraction of sp³-hybridized carbons (Fsp3) is 0.500. The zero-order valence-corrected chi connectivity index (χ0v) is 13.0. The van der Waals surface area contributed by atoms with Crippen LogP contribution in [0.4, 0.5) is 0 Å². The van der Waals surface area contributed by atoms with E-state index in [2.05, 4.69) is 15.9 Å². The van der Waals surface area contributed by atoms with E-state index in [-0.39, 0.29) is 19.1 Å². The molecule has 0 radical (unpaired) electrons. The Morgan fingerprint density at radius 2 is 2.15 bits per heavy atom. The summed E-state index contributed by atoms with van der Waals surface area (Å²) in [6, 6.07) is 3.69. The van der Waals surface area contributed by atoms with Gasteiger partial charge in [-0.15, -0.1) is 0 Å². The van der Waals surface area contributed by atoms with Gasteiger partial charge in [0.05, 0.1) is 19.8 Å². The third kappa shape index (κ3) is 3.71. The number of hydrogen-bond acceptors (Lipinski definition) is 4. The van der Waals surface area contributed by atoms with Gasteiger partial charge in [-0.1, -0.05) is 15.9 Å². The van der Waals surface area contributed by atoms with Gasteiger partial charge in [0.2, 0.25) is 0 Å². The molecule has 110 valence electrons. The highest BCUT2D eigenvalue weighted by atomic mass is 79.9. The molecule has 1 fully saturated rings. The molecule has 1 aliphatic rings. The summed E-state index contributed by atoms with van der Waals surface area (Å²) in [4.78, 5) is 13.8. The highest BCUT2D eigenvalue weighted by Gasteiger charge is 2.18. The number of aryl methyl sites for hydroxylation is 1. The maximum Gasteiger partial charge on any atom is 0.260 e. The van der Waals surface area contributed by atoms with E-state index < -0.39 is 0 Å². The summed E-state index contributed by atoms with van der Waals surface area (Å²) in [5.74, 6) is 0.525. The van der Waals surface area contributed by atoms with Crippen LogP contribution in [0.15, 0.2) is 16.6 Å². The topological polar surface area (TPSA) is 59.0 Å². The van der Waals surface area contributed by atoms with Crippen LogP contribution in [0.25, 0.3) is 0 Å². The van der Waals surface area contributed by atoms with Crippen LogP contribution in [-0.4, -0.2) is 48.8 Å². The monoisotopic (exact) mass is 343 g/mol. The quantitative estimate of drug-likeness (QED) is 0.899. The molecular formula is C14H18BrNO4. The summed E-state index contributed by atoms with van der Waals surface area (Å²) in [5.41, 5.74) is 1.56. The van der Waals surface area contributed by atoms with Crippen LogP contribution >= 0.6 is 15.9 Å². The molecule has 1 aromatic carbocycles. The zero-order chi connectivity index (χ0) is 14.5. The van der Waals surface area contributed by atoms with Crippen LogP contribution in [0.3, 0.4) is 0 Å². The van der Waals surface area contributed by atoms with Crippen molar-refractivity contribution in [1.29, 1.82) is 0 Å². The number of amides is 1. The Morgan fingerprint density at radius 3 is 2.80 bits per heavy atom. The lowest BCUT2D eigenvalue weighted by Gasteiger charge is -2.27. The summed E-state index contributed by atoms with van der Waals surface area (Å²) in [6.45, 7) is 4.11. The minimum atomic E-state index is -0.124. The first-order valence-electron chi connectivity index (χ1n) is 6.50. The van der Waals surface area contributed by atoms with E-state index in [4.69, 9.17) is 9.47 Å². The number of carbonyl (C=O) groups excluding carboxylic acids is 1. The number of carbonyl (C=O) groups is 1. The van der Waals surface area contributed by atoms with Gasteiger partial charge in [0.1, 0.15) is 5.75 Å². The summed E-state index contributed by atoms with van der Waals surface area (Å²) >= 11 is 3.37. The molecule has 0 bridgehead atoms. The van der Waals surface area contributed by atoms with Gasteiger partial charge in [0, 0.05) is 23.1 Å². The maximum atomic E-state index is 12.0. The molecule has 5 nitrogen and oxygen atoms in total. The van der Waals surface area contributed by atoms with Crippen LogP contribution in [-0.2, 0) is 16.1 Å². The summed E-state index contributed by atoms with van der Waals surface area (Å²) in [7, 11) is 0. The standard InChI is InChI=1S/C14H18BrNO4/c1-10-6-12(15)7-11(8-17)14(10)20-9-13(18)16-2-4-19-5-3-16/h6-7,17H,2-5,8-9H2,1H3. The first-order chi connectivity index (χ1) is 9.61. The number of ether oxygens (including phenoxy) is 2. The van der Waals surface area contributed by atoms with Crippen molar-refractivity contribution in [3.8, 4) is 5.75 Å². The van der Waals surface area contributed by atoms with Gasteiger partial charge in [0.25, 0.3) is 5.91 Å². The summed E-state index contributed by atoms with van der Waals surface area (Å²) in [6.07, 6.45) is 0. The van der Waals surface area contributed by atoms with Crippen molar-refractivity contribution in [1.82, 2.24) is 4.90 Å². The van der Waals surface area contributed by atoms with E-state index in [1.165, 1.54) is 0 Å². The Morgan fingerprint density at radius 1 is 1.45 bits per heavy atom. The van der Waals surface area contributed by atoms with Crippen molar-refractivity contribution < 1.29 is 19.4 Å². The number of morpholine rings is 1. The van der Waals surface area contributed by atoms with Crippen LogP contribution < -0.4 is 4.74 Å². The Kier molecular flexibility index (Phi) is 5.39. The Bertz CT molecular complexity index is 486. The SMILES string of the molecule is Cc1cc(Br)cc(CO)c1OCC(=O)N1CCOCC1. The summed E-state index contributed by atoms with van der Waals surface area (Å²) < 4.78 is 11.7. The molecule has 0 spiro atoms. The first kappa shape index (κ1) is 15.3. The molecule has 6 heteroatoms. The zero-order valence-electron chi connectivity index (χ0n) is 11.4. The van der Waals surface area contributed by atoms with Gasteiger partial charge in [-0.25, -0.2) is 0 Å². The van der Waals surface area contributed by atoms with E-state index >= 15 is 0 Å². The van der Waals surface area contributed by atoms with Gasteiger partial charge >= 0.3 is 0 Å². The highest BCUT2D eigenvalue weighted by Crippen LogP contribution is 2.28.